The van der Waals surface area contributed by atoms with E-state index >= 15 is 13.2 Å². The molecular formula is C65H86BrClF3N5O15. The van der Waals surface area contributed by atoms with Crippen molar-refractivity contribution in [2.24, 2.45) is 23.5 Å². The molecule has 3 aliphatic rings. The number of Topliss-reactive ketones (excluding diaryl/α,β-unsaturated/α-hetero) is 2. The van der Waals surface area contributed by atoms with E-state index in [1.165, 1.54) is 26.0 Å². The zero-order valence-electron chi connectivity index (χ0n) is 53.0. The number of anilines is 1. The summed E-state index contributed by atoms with van der Waals surface area (Å²) in [6.07, 6.45) is -4.38. The number of nitrogens with two attached hydrogens (primary N) is 1. The van der Waals surface area contributed by atoms with Gasteiger partial charge in [-0.2, -0.15) is 13.2 Å². The van der Waals surface area contributed by atoms with Gasteiger partial charge in [0, 0.05) is 76.2 Å². The summed E-state index contributed by atoms with van der Waals surface area (Å²) in [6, 6.07) is 2.52. The molecule has 2 saturated heterocycles. The van der Waals surface area contributed by atoms with Gasteiger partial charge in [-0.05, 0) is 114 Å². The number of amides is 5. The van der Waals surface area contributed by atoms with Crippen molar-refractivity contribution in [3.05, 3.63) is 99.1 Å². The summed E-state index contributed by atoms with van der Waals surface area (Å²) in [7, 11) is 4.00. The molecule has 20 nitrogen and oxygen atoms in total. The molecule has 5 amide bonds. The van der Waals surface area contributed by atoms with Crippen LogP contribution in [0, 0.1) is 24.7 Å². The SMILES string of the molecule is C=C(CBr)C(=O)OC(C)CCCCC(=O)C[C@H](C(=O)N[C@@H](CCCNC(N)=O)C(=O)Cc1ccc(C(=O)N(C)[C@@H](C)C(=O)O[C@H]2CC(=O)N(C)c3cc(cc(C)c3Cl)C/C(C)=C/C=C/[C@@H](OC)[C@]3(O)CC(=O)O[C@@H](C3)[C@@H](C)[C@@H]3O[C@@]23C)c(C(F)(F)F)c1)C(C)C. The maximum Gasteiger partial charge on any atom is 0.417 e. The fourth-order valence-corrected chi connectivity index (χ4v) is 11.8. The van der Waals surface area contributed by atoms with Crippen LogP contribution in [0.3, 0.4) is 0 Å². The number of allylic oxidation sites excluding steroid dienone is 3. The first-order valence-corrected chi connectivity index (χ1v) is 31.6. The summed E-state index contributed by atoms with van der Waals surface area (Å²) in [4.78, 5) is 123. The molecule has 0 aliphatic carbocycles. The highest BCUT2D eigenvalue weighted by Crippen LogP contribution is 2.50. The number of ketones is 2. The third-order valence-electron chi connectivity index (χ3n) is 17.0. The molecule has 2 fully saturated rings. The van der Waals surface area contributed by atoms with E-state index in [0.717, 1.165) is 35.2 Å². The number of ether oxygens (including phenoxy) is 5. The van der Waals surface area contributed by atoms with E-state index in [1.807, 2.05) is 19.1 Å². The molecule has 90 heavy (non-hydrogen) atoms. The molecule has 3 heterocycles. The number of nitrogens with zero attached hydrogens (tertiary/aromatic N) is 2. The van der Waals surface area contributed by atoms with E-state index in [2.05, 4.69) is 33.1 Å². The van der Waals surface area contributed by atoms with Crippen molar-refractivity contribution >= 4 is 86.4 Å². The number of aliphatic hydroxyl groups is 1. The number of rotatable bonds is 25. The third-order valence-corrected chi connectivity index (χ3v) is 18.2. The van der Waals surface area contributed by atoms with E-state index in [4.69, 9.17) is 41.0 Å². The molecule has 0 aromatic heterocycles. The first-order valence-electron chi connectivity index (χ1n) is 30.1. The van der Waals surface area contributed by atoms with Crippen LogP contribution in [-0.4, -0.2) is 150 Å². The Morgan fingerprint density at radius 1 is 1.03 bits per heavy atom. The number of likely N-dealkylation sites (N-methyl/N-ethyl adjacent to an activating group) is 1. The molecule has 496 valence electrons. The second kappa shape index (κ2) is 32.2. The Kier molecular flexibility index (Phi) is 26.6. The summed E-state index contributed by atoms with van der Waals surface area (Å²) in [6.45, 7) is 17.0. The Balaban J connectivity index is 1.37. The molecule has 0 spiro atoms. The molecule has 4 bridgehead atoms. The predicted molar refractivity (Wildman–Crippen MR) is 333 cm³/mol. The van der Waals surface area contributed by atoms with Crippen LogP contribution in [-0.2, 0) is 76.3 Å². The summed E-state index contributed by atoms with van der Waals surface area (Å²) in [5, 5.41) is 17.6. The third kappa shape index (κ3) is 19.8. The Labute approximate surface area is 537 Å². The Morgan fingerprint density at radius 2 is 1.72 bits per heavy atom. The zero-order chi connectivity index (χ0) is 67.3. The van der Waals surface area contributed by atoms with Crippen LogP contribution in [0.1, 0.15) is 145 Å². The molecule has 1 unspecified atom stereocenters. The number of carbonyl (C=O) groups excluding carboxylic acids is 9. The summed E-state index contributed by atoms with van der Waals surface area (Å²) in [5.41, 5.74) is 2.49. The van der Waals surface area contributed by atoms with Crippen molar-refractivity contribution in [1.29, 1.82) is 0 Å². The van der Waals surface area contributed by atoms with E-state index in [-0.39, 0.29) is 78.3 Å². The first-order chi connectivity index (χ1) is 42.0. The van der Waals surface area contributed by atoms with Gasteiger partial charge in [0.2, 0.25) is 11.8 Å². The van der Waals surface area contributed by atoms with Gasteiger partial charge in [0.1, 0.15) is 41.3 Å². The fraction of sp³-hybridized carbons (Fsp3) is 0.585. The number of methoxy groups -OCH3 is 1. The summed E-state index contributed by atoms with van der Waals surface area (Å²) >= 11 is 10.00. The normalized spacial score (nSPS) is 24.4. The largest absolute Gasteiger partial charge is 0.462 e. The number of benzene rings is 2. The van der Waals surface area contributed by atoms with Crippen LogP contribution in [0.15, 0.2) is 66.3 Å². The number of alkyl halides is 4. The number of primary amides is 1. The molecule has 2 aromatic rings. The minimum absolute atomic E-state index is 0.0109. The highest BCUT2D eigenvalue weighted by molar-refractivity contribution is 9.09. The number of epoxide rings is 1. The number of unbranched alkanes of at least 4 members (excludes halogenated alkanes) is 1. The highest BCUT2D eigenvalue weighted by atomic mass is 79.9. The Morgan fingerprint density at radius 3 is 2.36 bits per heavy atom. The quantitative estimate of drug-likeness (QED) is 0.0180. The van der Waals surface area contributed by atoms with Gasteiger partial charge >= 0.3 is 30.1 Å². The number of aryl methyl sites for hydroxylation is 1. The van der Waals surface area contributed by atoms with Gasteiger partial charge in [0.05, 0.1) is 52.9 Å². The average molecular weight is 1350 g/mol. The lowest BCUT2D eigenvalue weighted by Crippen LogP contribution is -2.53. The first kappa shape index (κ1) is 74.3. The second-order valence-corrected chi connectivity index (χ2v) is 25.5. The van der Waals surface area contributed by atoms with Gasteiger partial charge < -0.3 is 55.0 Å². The topological polar surface area (TPSA) is 280 Å². The summed E-state index contributed by atoms with van der Waals surface area (Å²) in [5.74, 6) is -7.77. The number of carbonyl (C=O) groups is 9. The summed E-state index contributed by atoms with van der Waals surface area (Å²) < 4.78 is 74.7. The minimum atomic E-state index is -5.19. The molecule has 11 atom stereocenters. The van der Waals surface area contributed by atoms with Crippen molar-refractivity contribution < 1.29 is 85.1 Å². The van der Waals surface area contributed by atoms with Gasteiger partial charge in [-0.3, -0.25) is 28.8 Å². The van der Waals surface area contributed by atoms with Crippen LogP contribution in [0.5, 0.6) is 0 Å². The van der Waals surface area contributed by atoms with Gasteiger partial charge in [0.25, 0.3) is 5.91 Å². The minimum Gasteiger partial charge on any atom is -0.462 e. The lowest BCUT2D eigenvalue weighted by Gasteiger charge is -2.41. The van der Waals surface area contributed by atoms with Crippen LogP contribution in [0.2, 0.25) is 5.02 Å². The van der Waals surface area contributed by atoms with E-state index in [1.54, 1.807) is 59.8 Å². The maximum absolute atomic E-state index is 15.1. The monoisotopic (exact) mass is 1350 g/mol. The van der Waals surface area contributed by atoms with Crippen LogP contribution in [0.25, 0.3) is 0 Å². The Bertz CT molecular complexity index is 3090. The number of urea groups is 1. The van der Waals surface area contributed by atoms with Crippen LogP contribution < -0.4 is 21.3 Å². The molecule has 5 rings (SSSR count). The number of fused-ring (bicyclic) bond motifs is 5. The fourth-order valence-electron chi connectivity index (χ4n) is 11.3. The van der Waals surface area contributed by atoms with E-state index in [0.29, 0.717) is 43.0 Å². The lowest BCUT2D eigenvalue weighted by molar-refractivity contribution is -0.187. The van der Waals surface area contributed by atoms with Crippen LogP contribution in [0.4, 0.5) is 23.7 Å². The van der Waals surface area contributed by atoms with Crippen molar-refractivity contribution in [2.45, 2.75) is 192 Å². The number of esters is 3. The second-order valence-electron chi connectivity index (χ2n) is 24.6. The number of nitrogens with one attached hydrogen (secondary N) is 2. The lowest BCUT2D eigenvalue weighted by atomic mass is 9.78. The van der Waals surface area contributed by atoms with Gasteiger partial charge in [0.15, 0.2) is 5.78 Å². The number of hydrogen-bond acceptors (Lipinski definition) is 15. The van der Waals surface area contributed by atoms with Crippen molar-refractivity contribution in [2.75, 3.05) is 38.0 Å². The smallest absolute Gasteiger partial charge is 0.417 e. The molecular weight excluding hydrogens is 1260 g/mol. The molecule has 5 N–H and O–H groups in total. The van der Waals surface area contributed by atoms with Gasteiger partial charge in [-0.15, -0.1) is 0 Å². The number of hydrogen-bond donors (Lipinski definition) is 4. The Hall–Kier alpha value is -6.47. The predicted octanol–water partition coefficient (Wildman–Crippen LogP) is 9.12. The number of halogens is 5. The van der Waals surface area contributed by atoms with Crippen molar-refractivity contribution in [3.8, 4) is 0 Å². The van der Waals surface area contributed by atoms with Crippen molar-refractivity contribution in [1.82, 2.24) is 15.5 Å². The molecule has 0 saturated carbocycles. The zero-order valence-corrected chi connectivity index (χ0v) is 55.4. The highest BCUT2D eigenvalue weighted by Gasteiger charge is 2.64. The molecule has 2 aromatic carbocycles. The molecule has 25 heteroatoms. The van der Waals surface area contributed by atoms with Crippen LogP contribution >= 0.6 is 27.5 Å². The maximum atomic E-state index is 15.1. The molecule has 3 aliphatic heterocycles. The van der Waals surface area contributed by atoms with E-state index < -0.39 is 143 Å². The molecule has 0 radical (unpaired) electrons. The van der Waals surface area contributed by atoms with Crippen molar-refractivity contribution in [3.63, 3.8) is 0 Å². The van der Waals surface area contributed by atoms with Gasteiger partial charge in [-0.1, -0.05) is 90.8 Å². The van der Waals surface area contributed by atoms with E-state index in [9.17, 15) is 48.3 Å². The standard InChI is InChI=1S/C65H86BrClF3N5O15/c1-35(2)46(30-44(76)19-14-13-18-39(6)87-60(82)38(5)34-66)58(80)73-48(20-16-24-72-62(71)84)50(77)29-42-22-23-45(47(27-42)65(68,69)70)59(81)74(10)41(8)61(83)89-53-31-54(78)75(11)49-28-43(26-37(4)56(49)67)25-36(3)17-15-21-52(86-12)64(85)32-51(88-55(79)33-64)40(7)57-63(53,9)90-57/h15,17,21-23,26-28,35,39-41,46,48,51-53,57,85H,5,13-14,16,18-20,24-25,29-34H2,1-4,6-12H3,(H,73,80)(H3,71,72,84)/b21-15+,36-17+/t39?,40-,41+,46+,48+,51+,52-,53+,57+,63+,64-/m1/s1. The van der Waals surface area contributed by atoms with Gasteiger partial charge in [-0.25, -0.2) is 14.4 Å². The average Bonchev–Trinajstić information content (AvgIpc) is 1.57.